The van der Waals surface area contributed by atoms with E-state index in [0.29, 0.717) is 11.9 Å². The lowest BCUT2D eigenvalue weighted by atomic mass is 10.2. The largest absolute Gasteiger partial charge is 0.481 e. The summed E-state index contributed by atoms with van der Waals surface area (Å²) in [5.74, 6) is 1.49. The van der Waals surface area contributed by atoms with Crippen molar-refractivity contribution in [2.45, 2.75) is 19.4 Å². The molecule has 1 unspecified atom stereocenters. The smallest absolute Gasteiger partial charge is 0.214 e. The van der Waals surface area contributed by atoms with Crippen LogP contribution >= 0.6 is 11.3 Å². The molecule has 1 N–H and O–H groups in total. The first-order chi connectivity index (χ1) is 8.28. The Kier molecular flexibility index (Phi) is 3.98. The summed E-state index contributed by atoms with van der Waals surface area (Å²) in [6.07, 6.45) is 1.01. The van der Waals surface area contributed by atoms with Gasteiger partial charge in [0.1, 0.15) is 5.82 Å². The van der Waals surface area contributed by atoms with Crippen LogP contribution in [0.15, 0.2) is 35.7 Å². The van der Waals surface area contributed by atoms with E-state index in [2.05, 4.69) is 34.7 Å². The Morgan fingerprint density at radius 3 is 2.94 bits per heavy atom. The van der Waals surface area contributed by atoms with Crippen molar-refractivity contribution in [2.24, 2.45) is 0 Å². The molecule has 0 aliphatic carbocycles. The Morgan fingerprint density at radius 1 is 1.35 bits per heavy atom. The summed E-state index contributed by atoms with van der Waals surface area (Å²) in [7, 11) is 1.63. The van der Waals surface area contributed by atoms with Crippen molar-refractivity contribution < 1.29 is 4.74 Å². The van der Waals surface area contributed by atoms with Gasteiger partial charge in [0, 0.05) is 23.4 Å². The van der Waals surface area contributed by atoms with Crippen molar-refractivity contribution in [3.8, 4) is 5.88 Å². The van der Waals surface area contributed by atoms with E-state index in [0.717, 1.165) is 12.2 Å². The number of hydrogen-bond donors (Lipinski definition) is 1. The van der Waals surface area contributed by atoms with Gasteiger partial charge in [-0.25, -0.2) is 0 Å². The first kappa shape index (κ1) is 11.9. The third-order valence-electron chi connectivity index (χ3n) is 2.41. The zero-order valence-corrected chi connectivity index (χ0v) is 10.8. The highest BCUT2D eigenvalue weighted by atomic mass is 32.1. The van der Waals surface area contributed by atoms with Crippen LogP contribution in [0.3, 0.4) is 0 Å². The van der Waals surface area contributed by atoms with Gasteiger partial charge >= 0.3 is 0 Å². The van der Waals surface area contributed by atoms with E-state index in [1.54, 1.807) is 18.4 Å². The lowest BCUT2D eigenvalue weighted by molar-refractivity contribution is 0.398. The molecule has 2 aromatic rings. The van der Waals surface area contributed by atoms with Crippen molar-refractivity contribution >= 4 is 17.2 Å². The van der Waals surface area contributed by atoms with E-state index >= 15 is 0 Å². The van der Waals surface area contributed by atoms with Crippen molar-refractivity contribution in [1.82, 2.24) is 4.98 Å². The maximum Gasteiger partial charge on any atom is 0.214 e. The Labute approximate surface area is 105 Å². The minimum atomic E-state index is 0.355. The van der Waals surface area contributed by atoms with Gasteiger partial charge in [-0.1, -0.05) is 12.1 Å². The molecule has 3 nitrogen and oxygen atoms in total. The quantitative estimate of drug-likeness (QED) is 0.882. The summed E-state index contributed by atoms with van der Waals surface area (Å²) in [6, 6.07) is 10.3. The summed E-state index contributed by atoms with van der Waals surface area (Å²) < 4.78 is 5.09. The Balaban J connectivity index is 1.95. The standard InChI is InChI=1S/C13H16N2OS/c1-10(9-11-5-4-8-17-11)14-12-6-3-7-13(15-12)16-2/h3-8,10H,9H2,1-2H3,(H,14,15). The molecule has 0 aromatic carbocycles. The number of ether oxygens (including phenoxy) is 1. The molecular formula is C13H16N2OS. The predicted molar refractivity (Wildman–Crippen MR) is 71.9 cm³/mol. The molecule has 0 fully saturated rings. The number of pyridine rings is 1. The van der Waals surface area contributed by atoms with Crippen molar-refractivity contribution in [3.63, 3.8) is 0 Å². The molecule has 2 heterocycles. The van der Waals surface area contributed by atoms with Crippen molar-refractivity contribution in [1.29, 1.82) is 0 Å². The number of thiophene rings is 1. The van der Waals surface area contributed by atoms with Crippen LogP contribution in [0.1, 0.15) is 11.8 Å². The average molecular weight is 248 g/mol. The molecule has 0 radical (unpaired) electrons. The number of anilines is 1. The Hall–Kier alpha value is -1.55. The molecule has 90 valence electrons. The van der Waals surface area contributed by atoms with Gasteiger partial charge in [-0.2, -0.15) is 4.98 Å². The molecule has 0 saturated heterocycles. The summed E-state index contributed by atoms with van der Waals surface area (Å²) >= 11 is 1.78. The second-order valence-corrected chi connectivity index (χ2v) is 4.93. The summed E-state index contributed by atoms with van der Waals surface area (Å²) in [4.78, 5) is 5.71. The summed E-state index contributed by atoms with van der Waals surface area (Å²) in [5, 5.41) is 5.47. The average Bonchev–Trinajstić information content (AvgIpc) is 2.82. The van der Waals surface area contributed by atoms with Crippen LogP contribution in [0, 0.1) is 0 Å². The highest BCUT2D eigenvalue weighted by molar-refractivity contribution is 7.09. The third kappa shape index (κ3) is 3.46. The van der Waals surface area contributed by atoms with E-state index < -0.39 is 0 Å². The minimum Gasteiger partial charge on any atom is -0.481 e. The zero-order chi connectivity index (χ0) is 12.1. The lowest BCUT2D eigenvalue weighted by Gasteiger charge is -2.13. The van der Waals surface area contributed by atoms with Gasteiger partial charge in [0.25, 0.3) is 0 Å². The summed E-state index contributed by atoms with van der Waals surface area (Å²) in [6.45, 7) is 2.15. The molecule has 1 atom stereocenters. The van der Waals surface area contributed by atoms with Crippen LogP contribution in [0.25, 0.3) is 0 Å². The number of rotatable bonds is 5. The second kappa shape index (κ2) is 5.68. The van der Waals surface area contributed by atoms with Crippen LogP contribution in [0.5, 0.6) is 5.88 Å². The number of nitrogens with zero attached hydrogens (tertiary/aromatic N) is 1. The predicted octanol–water partition coefficient (Wildman–Crippen LogP) is 3.19. The minimum absolute atomic E-state index is 0.355. The molecule has 0 saturated carbocycles. The van der Waals surface area contributed by atoms with Gasteiger partial charge in [0.15, 0.2) is 0 Å². The molecule has 4 heteroatoms. The highest BCUT2D eigenvalue weighted by Gasteiger charge is 2.05. The first-order valence-corrected chi connectivity index (χ1v) is 6.46. The molecule has 0 amide bonds. The van der Waals surface area contributed by atoms with E-state index in [9.17, 15) is 0 Å². The Bertz CT molecular complexity index is 456. The fourth-order valence-electron chi connectivity index (χ4n) is 1.64. The molecule has 2 rings (SSSR count). The molecule has 0 aliphatic rings. The van der Waals surface area contributed by atoms with E-state index in [1.165, 1.54) is 4.88 Å². The van der Waals surface area contributed by atoms with Gasteiger partial charge in [-0.3, -0.25) is 0 Å². The van der Waals surface area contributed by atoms with E-state index in [1.807, 2.05) is 18.2 Å². The van der Waals surface area contributed by atoms with Gasteiger partial charge < -0.3 is 10.1 Å². The molecule has 17 heavy (non-hydrogen) atoms. The maximum atomic E-state index is 5.09. The molecule has 0 aliphatic heterocycles. The van der Waals surface area contributed by atoms with Gasteiger partial charge in [0.05, 0.1) is 7.11 Å². The van der Waals surface area contributed by atoms with Crippen LogP contribution < -0.4 is 10.1 Å². The van der Waals surface area contributed by atoms with Crippen LogP contribution in [-0.2, 0) is 6.42 Å². The molecular weight excluding hydrogens is 232 g/mol. The lowest BCUT2D eigenvalue weighted by Crippen LogP contribution is -2.18. The molecule has 0 spiro atoms. The first-order valence-electron chi connectivity index (χ1n) is 5.58. The SMILES string of the molecule is COc1cccc(NC(C)Cc2cccs2)n1. The van der Waals surface area contributed by atoms with Crippen LogP contribution in [0.2, 0.25) is 0 Å². The van der Waals surface area contributed by atoms with Gasteiger partial charge in [0.2, 0.25) is 5.88 Å². The fourth-order valence-corrected chi connectivity index (χ4v) is 2.48. The van der Waals surface area contributed by atoms with E-state index in [4.69, 9.17) is 4.74 Å². The summed E-state index contributed by atoms with van der Waals surface area (Å²) in [5.41, 5.74) is 0. The monoisotopic (exact) mass is 248 g/mol. The zero-order valence-electron chi connectivity index (χ0n) is 10.0. The fraction of sp³-hybridized carbons (Fsp3) is 0.308. The molecule has 2 aromatic heterocycles. The topological polar surface area (TPSA) is 34.1 Å². The van der Waals surface area contributed by atoms with E-state index in [-0.39, 0.29) is 0 Å². The van der Waals surface area contributed by atoms with Gasteiger partial charge in [-0.05, 0) is 24.4 Å². The van der Waals surface area contributed by atoms with Crippen molar-refractivity contribution in [3.05, 3.63) is 40.6 Å². The molecule has 0 bridgehead atoms. The normalized spacial score (nSPS) is 12.1. The third-order valence-corrected chi connectivity index (χ3v) is 3.31. The number of aromatic nitrogens is 1. The second-order valence-electron chi connectivity index (χ2n) is 3.89. The Morgan fingerprint density at radius 2 is 2.24 bits per heavy atom. The number of nitrogens with one attached hydrogen (secondary N) is 1. The van der Waals surface area contributed by atoms with Gasteiger partial charge in [-0.15, -0.1) is 11.3 Å². The van der Waals surface area contributed by atoms with Crippen LogP contribution in [-0.4, -0.2) is 18.1 Å². The van der Waals surface area contributed by atoms with Crippen molar-refractivity contribution in [2.75, 3.05) is 12.4 Å². The highest BCUT2D eigenvalue weighted by Crippen LogP contribution is 2.15. The number of hydrogen-bond acceptors (Lipinski definition) is 4. The maximum absolute atomic E-state index is 5.09. The van der Waals surface area contributed by atoms with Crippen LogP contribution in [0.4, 0.5) is 5.82 Å². The number of methoxy groups -OCH3 is 1.